The third-order valence-electron chi connectivity index (χ3n) is 2.31. The van der Waals surface area contributed by atoms with Crippen molar-refractivity contribution in [3.05, 3.63) is 35.2 Å². The van der Waals surface area contributed by atoms with E-state index in [0.29, 0.717) is 29.2 Å². The number of hydrogen-bond acceptors (Lipinski definition) is 6. The molecular weight excluding hydrogens is 300 g/mol. The van der Waals surface area contributed by atoms with Gasteiger partial charge in [-0.05, 0) is 31.2 Å². The molecule has 1 aromatic carbocycles. The van der Waals surface area contributed by atoms with E-state index in [9.17, 15) is 4.79 Å². The Balaban J connectivity index is 1.89. The van der Waals surface area contributed by atoms with E-state index in [4.69, 9.17) is 20.8 Å². The van der Waals surface area contributed by atoms with Crippen molar-refractivity contribution < 1.29 is 13.9 Å². The number of rotatable bonds is 6. The predicted molar refractivity (Wildman–Crippen MR) is 77.5 cm³/mol. The molecule has 2 rings (SSSR count). The standard InChI is InChI=1S/C13H13ClN2O3S/c1-2-18-12(17)8-20-7-11-15-16-13(19-11)9-3-5-10(14)6-4-9/h3-6H,2,7-8H2,1H3. The van der Waals surface area contributed by atoms with E-state index in [1.54, 1.807) is 19.1 Å². The lowest BCUT2D eigenvalue weighted by atomic mass is 10.2. The Morgan fingerprint density at radius 1 is 1.35 bits per heavy atom. The first-order valence-corrected chi connectivity index (χ1v) is 7.54. The summed E-state index contributed by atoms with van der Waals surface area (Å²) in [6.07, 6.45) is 0. The lowest BCUT2D eigenvalue weighted by Crippen LogP contribution is -2.06. The number of carbonyl (C=O) groups is 1. The summed E-state index contributed by atoms with van der Waals surface area (Å²) in [5.41, 5.74) is 0.809. The van der Waals surface area contributed by atoms with Gasteiger partial charge in [-0.15, -0.1) is 22.0 Å². The molecule has 5 nitrogen and oxygen atoms in total. The fraction of sp³-hybridized carbons (Fsp3) is 0.308. The van der Waals surface area contributed by atoms with Crippen molar-refractivity contribution in [2.24, 2.45) is 0 Å². The average Bonchev–Trinajstić information content (AvgIpc) is 2.89. The molecule has 0 fully saturated rings. The molecule has 0 amide bonds. The molecule has 0 unspecified atom stereocenters. The maximum absolute atomic E-state index is 11.2. The topological polar surface area (TPSA) is 65.2 Å². The van der Waals surface area contributed by atoms with Gasteiger partial charge in [-0.3, -0.25) is 4.79 Å². The molecule has 20 heavy (non-hydrogen) atoms. The van der Waals surface area contributed by atoms with Gasteiger partial charge < -0.3 is 9.15 Å². The van der Waals surface area contributed by atoms with Crippen LogP contribution in [0.1, 0.15) is 12.8 Å². The zero-order valence-corrected chi connectivity index (χ0v) is 12.4. The van der Waals surface area contributed by atoms with E-state index in [1.807, 2.05) is 12.1 Å². The summed E-state index contributed by atoms with van der Waals surface area (Å²) in [4.78, 5) is 11.2. The van der Waals surface area contributed by atoms with Crippen molar-refractivity contribution in [3.8, 4) is 11.5 Å². The third kappa shape index (κ3) is 4.25. The molecule has 0 bridgehead atoms. The lowest BCUT2D eigenvalue weighted by Gasteiger charge is -1.99. The normalized spacial score (nSPS) is 10.5. The van der Waals surface area contributed by atoms with Gasteiger partial charge in [0, 0.05) is 10.6 Å². The van der Waals surface area contributed by atoms with Crippen LogP contribution in [0.3, 0.4) is 0 Å². The van der Waals surface area contributed by atoms with Crippen LogP contribution in [0.2, 0.25) is 5.02 Å². The van der Waals surface area contributed by atoms with Crippen LogP contribution in [0.25, 0.3) is 11.5 Å². The maximum Gasteiger partial charge on any atom is 0.315 e. The van der Waals surface area contributed by atoms with Gasteiger partial charge in [0.15, 0.2) is 0 Å². The van der Waals surface area contributed by atoms with Gasteiger partial charge >= 0.3 is 5.97 Å². The van der Waals surface area contributed by atoms with Crippen LogP contribution in [0.4, 0.5) is 0 Å². The van der Waals surface area contributed by atoms with Gasteiger partial charge in [-0.25, -0.2) is 0 Å². The number of esters is 1. The maximum atomic E-state index is 11.2. The first kappa shape index (κ1) is 14.9. The van der Waals surface area contributed by atoms with E-state index in [2.05, 4.69) is 10.2 Å². The predicted octanol–water partition coefficient (Wildman–Crippen LogP) is 3.19. The summed E-state index contributed by atoms with van der Waals surface area (Å²) >= 11 is 7.19. The molecule has 0 radical (unpaired) electrons. The first-order chi connectivity index (χ1) is 9.69. The van der Waals surface area contributed by atoms with Crippen molar-refractivity contribution in [1.82, 2.24) is 10.2 Å². The molecular formula is C13H13ClN2O3S. The molecule has 1 heterocycles. The van der Waals surface area contributed by atoms with E-state index >= 15 is 0 Å². The number of thioether (sulfide) groups is 1. The van der Waals surface area contributed by atoms with Crippen molar-refractivity contribution in [3.63, 3.8) is 0 Å². The summed E-state index contributed by atoms with van der Waals surface area (Å²) in [6.45, 7) is 2.17. The average molecular weight is 313 g/mol. The summed E-state index contributed by atoms with van der Waals surface area (Å²) < 4.78 is 10.3. The minimum Gasteiger partial charge on any atom is -0.465 e. The highest BCUT2D eigenvalue weighted by Crippen LogP contribution is 2.21. The monoisotopic (exact) mass is 312 g/mol. The minimum absolute atomic E-state index is 0.241. The third-order valence-corrected chi connectivity index (χ3v) is 3.45. The molecule has 0 aliphatic rings. The van der Waals surface area contributed by atoms with Crippen LogP contribution in [0.15, 0.2) is 28.7 Å². The zero-order chi connectivity index (χ0) is 14.4. The molecule has 0 aliphatic carbocycles. The van der Waals surface area contributed by atoms with E-state index < -0.39 is 0 Å². The Bertz CT molecular complexity index is 571. The Morgan fingerprint density at radius 2 is 2.10 bits per heavy atom. The Labute approximate surface area is 125 Å². The quantitative estimate of drug-likeness (QED) is 0.763. The van der Waals surface area contributed by atoms with Gasteiger partial charge in [0.25, 0.3) is 0 Å². The Morgan fingerprint density at radius 3 is 2.80 bits per heavy atom. The Hall–Kier alpha value is -1.53. The molecule has 2 aromatic rings. The number of carbonyl (C=O) groups excluding carboxylic acids is 1. The van der Waals surface area contributed by atoms with Crippen LogP contribution in [0, 0.1) is 0 Å². The highest BCUT2D eigenvalue weighted by atomic mass is 35.5. The van der Waals surface area contributed by atoms with E-state index in [-0.39, 0.29) is 11.7 Å². The molecule has 7 heteroatoms. The highest BCUT2D eigenvalue weighted by molar-refractivity contribution is 7.99. The second-order valence-electron chi connectivity index (χ2n) is 3.81. The van der Waals surface area contributed by atoms with Gasteiger partial charge in [-0.2, -0.15) is 0 Å². The lowest BCUT2D eigenvalue weighted by molar-refractivity contribution is -0.139. The van der Waals surface area contributed by atoms with Crippen molar-refractivity contribution >= 4 is 29.3 Å². The van der Waals surface area contributed by atoms with Gasteiger partial charge in [-0.1, -0.05) is 11.6 Å². The molecule has 0 N–H and O–H groups in total. The van der Waals surface area contributed by atoms with Crippen molar-refractivity contribution in [1.29, 1.82) is 0 Å². The number of nitrogens with zero attached hydrogens (tertiary/aromatic N) is 2. The molecule has 0 spiro atoms. The number of ether oxygens (including phenoxy) is 1. The zero-order valence-electron chi connectivity index (χ0n) is 10.8. The van der Waals surface area contributed by atoms with Crippen LogP contribution < -0.4 is 0 Å². The number of benzene rings is 1. The molecule has 0 atom stereocenters. The summed E-state index contributed by atoms with van der Waals surface area (Å²) in [7, 11) is 0. The summed E-state index contributed by atoms with van der Waals surface area (Å²) in [5.74, 6) is 1.42. The number of hydrogen-bond donors (Lipinski definition) is 0. The molecule has 0 saturated carbocycles. The van der Waals surface area contributed by atoms with Gasteiger partial charge in [0.1, 0.15) is 0 Å². The molecule has 0 aliphatic heterocycles. The summed E-state index contributed by atoms with van der Waals surface area (Å²) in [5, 5.41) is 8.55. The number of aromatic nitrogens is 2. The van der Waals surface area contributed by atoms with Gasteiger partial charge in [0.2, 0.25) is 11.8 Å². The van der Waals surface area contributed by atoms with E-state index in [0.717, 1.165) is 5.56 Å². The SMILES string of the molecule is CCOC(=O)CSCc1nnc(-c2ccc(Cl)cc2)o1. The molecule has 1 aromatic heterocycles. The number of halogens is 1. The molecule has 0 saturated heterocycles. The fourth-order valence-electron chi connectivity index (χ4n) is 1.45. The minimum atomic E-state index is -0.241. The van der Waals surface area contributed by atoms with Crippen LogP contribution in [-0.4, -0.2) is 28.5 Å². The second-order valence-corrected chi connectivity index (χ2v) is 5.23. The highest BCUT2D eigenvalue weighted by Gasteiger charge is 2.09. The van der Waals surface area contributed by atoms with E-state index in [1.165, 1.54) is 11.8 Å². The van der Waals surface area contributed by atoms with Crippen LogP contribution in [0.5, 0.6) is 0 Å². The van der Waals surface area contributed by atoms with Gasteiger partial charge in [0.05, 0.1) is 18.1 Å². The van der Waals surface area contributed by atoms with Crippen LogP contribution >= 0.6 is 23.4 Å². The molecule has 106 valence electrons. The largest absolute Gasteiger partial charge is 0.465 e. The van der Waals surface area contributed by atoms with Crippen LogP contribution in [-0.2, 0) is 15.3 Å². The second kappa shape index (κ2) is 7.31. The Kier molecular flexibility index (Phi) is 5.43. The van der Waals surface area contributed by atoms with Crippen molar-refractivity contribution in [2.75, 3.05) is 12.4 Å². The fourth-order valence-corrected chi connectivity index (χ4v) is 2.21. The summed E-state index contributed by atoms with van der Waals surface area (Å²) in [6, 6.07) is 7.14. The first-order valence-electron chi connectivity index (χ1n) is 6.00. The van der Waals surface area contributed by atoms with Crippen molar-refractivity contribution in [2.45, 2.75) is 12.7 Å². The smallest absolute Gasteiger partial charge is 0.315 e.